The van der Waals surface area contributed by atoms with Crippen molar-refractivity contribution in [3.63, 3.8) is 0 Å². The molecule has 108 valence electrons. The molecule has 1 N–H and O–H groups in total. The lowest BCUT2D eigenvalue weighted by molar-refractivity contribution is 0.0923. The van der Waals surface area contributed by atoms with Crippen LogP contribution in [0.4, 0.5) is 0 Å². The van der Waals surface area contributed by atoms with Gasteiger partial charge in [0.2, 0.25) is 0 Å². The van der Waals surface area contributed by atoms with Gasteiger partial charge in [0.15, 0.2) is 5.76 Å². The molecule has 0 atom stereocenters. The number of carbonyl (C=O) groups excluding carboxylic acids is 1. The highest BCUT2D eigenvalue weighted by Crippen LogP contribution is 2.21. The molecule has 1 aromatic carbocycles. The van der Waals surface area contributed by atoms with E-state index < -0.39 is 0 Å². The van der Waals surface area contributed by atoms with E-state index in [9.17, 15) is 4.79 Å². The van der Waals surface area contributed by atoms with Crippen LogP contribution in [0.2, 0.25) is 0 Å². The van der Waals surface area contributed by atoms with Crippen molar-refractivity contribution in [1.29, 1.82) is 0 Å². The quantitative estimate of drug-likeness (QED) is 0.779. The van der Waals surface area contributed by atoms with Gasteiger partial charge in [-0.15, -0.1) is 0 Å². The Morgan fingerprint density at radius 2 is 2.05 bits per heavy atom. The smallest absolute Gasteiger partial charge is 0.287 e. The van der Waals surface area contributed by atoms with E-state index in [-0.39, 0.29) is 5.91 Å². The Morgan fingerprint density at radius 3 is 2.75 bits per heavy atom. The van der Waals surface area contributed by atoms with Gasteiger partial charge in [-0.2, -0.15) is 0 Å². The summed E-state index contributed by atoms with van der Waals surface area (Å²) in [4.78, 5) is 14.3. The van der Waals surface area contributed by atoms with E-state index in [1.165, 1.54) is 0 Å². The predicted molar refractivity (Wildman–Crippen MR) is 89.1 cm³/mol. The Labute approximate surface area is 132 Å². The summed E-state index contributed by atoms with van der Waals surface area (Å²) in [6.45, 7) is 7.72. The van der Waals surface area contributed by atoms with Crippen LogP contribution in [0.5, 0.6) is 0 Å². The molecule has 0 saturated heterocycles. The summed E-state index contributed by atoms with van der Waals surface area (Å²) in [6.07, 6.45) is 0. The van der Waals surface area contributed by atoms with E-state index in [0.717, 1.165) is 34.2 Å². The van der Waals surface area contributed by atoms with E-state index in [4.69, 9.17) is 4.42 Å². The van der Waals surface area contributed by atoms with Crippen LogP contribution in [0.1, 0.15) is 24.4 Å². The summed E-state index contributed by atoms with van der Waals surface area (Å²) >= 11 is 2.24. The number of furan rings is 1. The fourth-order valence-electron chi connectivity index (χ4n) is 2.08. The highest BCUT2D eigenvalue weighted by molar-refractivity contribution is 14.1. The van der Waals surface area contributed by atoms with Gasteiger partial charge in [0.1, 0.15) is 5.58 Å². The monoisotopic (exact) mass is 384 g/mol. The number of carbonyl (C=O) groups is 1. The van der Waals surface area contributed by atoms with Gasteiger partial charge in [0, 0.05) is 22.0 Å². The number of likely N-dealkylation sites (N-methyl/N-ethyl adjacent to an activating group) is 1. The fraction of sp³-hybridized carbons (Fsp3) is 0.400. The van der Waals surface area contributed by atoms with Crippen molar-refractivity contribution in [3.8, 4) is 0 Å². The SMILES string of the molecule is CCN(CC)CCNC(=O)c1cc2cc([125I])ccc2o1. The minimum atomic E-state index is -0.150. The summed E-state index contributed by atoms with van der Waals surface area (Å²) in [7, 11) is 0. The molecule has 20 heavy (non-hydrogen) atoms. The molecule has 2 rings (SSSR count). The molecule has 0 aliphatic carbocycles. The predicted octanol–water partition coefficient (Wildman–Crippen LogP) is 3.11. The number of hydrogen-bond acceptors (Lipinski definition) is 3. The summed E-state index contributed by atoms with van der Waals surface area (Å²) in [5.41, 5.74) is 0.749. The highest BCUT2D eigenvalue weighted by Gasteiger charge is 2.12. The number of rotatable bonds is 6. The lowest BCUT2D eigenvalue weighted by atomic mass is 10.2. The first-order valence-electron chi connectivity index (χ1n) is 6.83. The maximum atomic E-state index is 12.0. The van der Waals surface area contributed by atoms with Gasteiger partial charge in [-0.05, 0) is 59.9 Å². The van der Waals surface area contributed by atoms with Gasteiger partial charge in [-0.25, -0.2) is 0 Å². The summed E-state index contributed by atoms with van der Waals surface area (Å²) in [5.74, 6) is 0.227. The average molecular weight is 384 g/mol. The van der Waals surface area contributed by atoms with Crippen LogP contribution in [0.3, 0.4) is 0 Å². The van der Waals surface area contributed by atoms with E-state index in [2.05, 4.69) is 46.7 Å². The summed E-state index contributed by atoms with van der Waals surface area (Å²) in [6, 6.07) is 7.66. The van der Waals surface area contributed by atoms with Gasteiger partial charge >= 0.3 is 0 Å². The Bertz CT molecular complexity index is 591. The van der Waals surface area contributed by atoms with Crippen molar-refractivity contribution in [2.75, 3.05) is 26.2 Å². The van der Waals surface area contributed by atoms with Crippen LogP contribution in [0.25, 0.3) is 11.0 Å². The third-order valence-corrected chi connectivity index (χ3v) is 3.98. The first-order chi connectivity index (χ1) is 9.63. The molecule has 1 amide bonds. The molecular formula is C15H19IN2O2. The Kier molecular flexibility index (Phi) is 5.42. The third kappa shape index (κ3) is 3.73. The normalized spacial score (nSPS) is 11.2. The lowest BCUT2D eigenvalue weighted by Crippen LogP contribution is -2.34. The number of benzene rings is 1. The van der Waals surface area contributed by atoms with Crippen molar-refractivity contribution in [2.24, 2.45) is 0 Å². The molecule has 4 nitrogen and oxygen atoms in total. The minimum Gasteiger partial charge on any atom is -0.451 e. The van der Waals surface area contributed by atoms with E-state index in [0.29, 0.717) is 12.3 Å². The van der Waals surface area contributed by atoms with Gasteiger partial charge in [0.05, 0.1) is 0 Å². The number of nitrogens with zero attached hydrogens (tertiary/aromatic N) is 1. The Balaban J connectivity index is 1.97. The van der Waals surface area contributed by atoms with Crippen LogP contribution >= 0.6 is 22.6 Å². The van der Waals surface area contributed by atoms with Crippen LogP contribution in [0, 0.1) is 3.57 Å². The molecule has 0 fully saturated rings. The van der Waals surface area contributed by atoms with Crippen molar-refractivity contribution in [1.82, 2.24) is 10.2 Å². The number of fused-ring (bicyclic) bond motifs is 1. The summed E-state index contributed by atoms with van der Waals surface area (Å²) in [5, 5.41) is 3.86. The third-order valence-electron chi connectivity index (χ3n) is 3.31. The number of amides is 1. The zero-order valence-corrected chi connectivity index (χ0v) is 13.9. The zero-order chi connectivity index (χ0) is 14.5. The van der Waals surface area contributed by atoms with Crippen LogP contribution in [-0.4, -0.2) is 37.0 Å². The van der Waals surface area contributed by atoms with Crippen molar-refractivity contribution >= 4 is 39.5 Å². The van der Waals surface area contributed by atoms with Crippen LogP contribution in [-0.2, 0) is 0 Å². The van der Waals surface area contributed by atoms with Crippen LogP contribution < -0.4 is 5.32 Å². The molecule has 1 heterocycles. The van der Waals surface area contributed by atoms with Crippen LogP contribution in [0.15, 0.2) is 28.7 Å². The average Bonchev–Trinajstić information content (AvgIpc) is 2.86. The van der Waals surface area contributed by atoms with Gasteiger partial charge in [-0.1, -0.05) is 13.8 Å². The van der Waals surface area contributed by atoms with E-state index in [1.807, 2.05) is 18.2 Å². The summed E-state index contributed by atoms with van der Waals surface area (Å²) < 4.78 is 6.70. The molecular weight excluding hydrogens is 365 g/mol. The molecule has 5 heteroatoms. The van der Waals surface area contributed by atoms with Crippen molar-refractivity contribution in [3.05, 3.63) is 33.6 Å². The second-order valence-corrected chi connectivity index (χ2v) is 5.82. The molecule has 0 aliphatic heterocycles. The highest BCUT2D eigenvalue weighted by atomic mass is 125. The van der Waals surface area contributed by atoms with E-state index in [1.54, 1.807) is 6.07 Å². The Morgan fingerprint density at radius 1 is 1.30 bits per heavy atom. The molecule has 0 aliphatic rings. The van der Waals surface area contributed by atoms with Crippen molar-refractivity contribution in [2.45, 2.75) is 13.8 Å². The first-order valence-corrected chi connectivity index (χ1v) is 7.91. The maximum absolute atomic E-state index is 12.0. The van der Waals surface area contributed by atoms with Gasteiger partial charge in [-0.3, -0.25) is 4.79 Å². The largest absolute Gasteiger partial charge is 0.451 e. The minimum absolute atomic E-state index is 0.150. The van der Waals surface area contributed by atoms with Crippen molar-refractivity contribution < 1.29 is 9.21 Å². The topological polar surface area (TPSA) is 45.5 Å². The Hall–Kier alpha value is -1.08. The second kappa shape index (κ2) is 7.08. The zero-order valence-electron chi connectivity index (χ0n) is 11.8. The number of hydrogen-bond donors (Lipinski definition) is 1. The first kappa shape index (κ1) is 15.3. The van der Waals surface area contributed by atoms with E-state index >= 15 is 0 Å². The number of nitrogens with one attached hydrogen (secondary N) is 1. The molecule has 0 bridgehead atoms. The van der Waals surface area contributed by atoms with Gasteiger partial charge < -0.3 is 14.6 Å². The molecule has 0 radical (unpaired) electrons. The second-order valence-electron chi connectivity index (χ2n) is 4.58. The van der Waals surface area contributed by atoms with Gasteiger partial charge in [0.25, 0.3) is 5.91 Å². The number of halogens is 1. The fourth-order valence-corrected chi connectivity index (χ4v) is 2.60. The molecule has 0 saturated carbocycles. The lowest BCUT2D eigenvalue weighted by Gasteiger charge is -2.17. The molecule has 1 aromatic heterocycles. The molecule has 2 aromatic rings. The molecule has 0 unspecified atom stereocenters. The maximum Gasteiger partial charge on any atom is 0.287 e. The molecule has 0 spiro atoms. The standard InChI is InChI=1S/C15H19IN2O2/c1-3-18(4-2)8-7-17-15(19)14-10-11-9-12(16)5-6-13(11)20-14/h5-6,9-10H,3-4,7-8H2,1-2H3,(H,17,19)/i16-2.